The molecule has 0 saturated heterocycles. The predicted molar refractivity (Wildman–Crippen MR) is 99.2 cm³/mol. The quantitative estimate of drug-likeness (QED) is 0.769. The Bertz CT molecular complexity index is 762. The zero-order valence-electron chi connectivity index (χ0n) is 15.0. The molecule has 0 atom stereocenters. The number of nitrogens with zero attached hydrogens (tertiary/aromatic N) is 2. The molecule has 0 radical (unpaired) electrons. The summed E-state index contributed by atoms with van der Waals surface area (Å²) in [4.78, 5) is 15.0. The van der Waals surface area contributed by atoms with Crippen molar-refractivity contribution in [3.05, 3.63) is 59.7 Å². The van der Waals surface area contributed by atoms with Crippen LogP contribution in [0.3, 0.4) is 0 Å². The van der Waals surface area contributed by atoms with Crippen LogP contribution >= 0.6 is 0 Å². The van der Waals surface area contributed by atoms with Crippen LogP contribution in [0, 0.1) is 17.2 Å². The minimum absolute atomic E-state index is 0.0332. The van der Waals surface area contributed by atoms with Gasteiger partial charge in [0, 0.05) is 31.3 Å². The summed E-state index contributed by atoms with van der Waals surface area (Å²) in [5, 5.41) is 9.39. The van der Waals surface area contributed by atoms with E-state index in [1.165, 1.54) is 0 Å². The standard InChI is InChI=1S/C21H24N2O2/c1-16(2)15-23(12-13-25-3)21(24)20-11-7-6-10-19(20)18-9-5-4-8-17(18)14-22/h4-11,16H,12-13,15H2,1-3H3. The maximum absolute atomic E-state index is 13.2. The highest BCUT2D eigenvalue weighted by molar-refractivity contribution is 6.01. The van der Waals surface area contributed by atoms with Crippen molar-refractivity contribution < 1.29 is 9.53 Å². The summed E-state index contributed by atoms with van der Waals surface area (Å²) >= 11 is 0. The van der Waals surface area contributed by atoms with Crippen LogP contribution in [0.15, 0.2) is 48.5 Å². The number of nitriles is 1. The fourth-order valence-electron chi connectivity index (χ4n) is 2.81. The van der Waals surface area contributed by atoms with Crippen molar-refractivity contribution in [2.24, 2.45) is 5.92 Å². The lowest BCUT2D eigenvalue weighted by atomic mass is 9.95. The third-order valence-corrected chi connectivity index (χ3v) is 3.93. The Morgan fingerprint density at radius 3 is 2.40 bits per heavy atom. The molecule has 130 valence electrons. The molecule has 0 saturated carbocycles. The van der Waals surface area contributed by atoms with Crippen molar-refractivity contribution in [3.63, 3.8) is 0 Å². The number of hydrogen-bond donors (Lipinski definition) is 0. The smallest absolute Gasteiger partial charge is 0.254 e. The first-order valence-electron chi connectivity index (χ1n) is 8.45. The highest BCUT2D eigenvalue weighted by Crippen LogP contribution is 2.28. The number of methoxy groups -OCH3 is 1. The van der Waals surface area contributed by atoms with Crippen molar-refractivity contribution in [1.29, 1.82) is 5.26 Å². The summed E-state index contributed by atoms with van der Waals surface area (Å²) in [6, 6.07) is 17.0. The van der Waals surface area contributed by atoms with Gasteiger partial charge in [-0.2, -0.15) is 5.26 Å². The number of benzene rings is 2. The van der Waals surface area contributed by atoms with Gasteiger partial charge in [-0.05, 0) is 23.6 Å². The van der Waals surface area contributed by atoms with Crippen molar-refractivity contribution in [3.8, 4) is 17.2 Å². The van der Waals surface area contributed by atoms with Gasteiger partial charge in [0.05, 0.1) is 18.2 Å². The molecule has 0 N–H and O–H groups in total. The van der Waals surface area contributed by atoms with Crippen molar-refractivity contribution in [2.45, 2.75) is 13.8 Å². The van der Waals surface area contributed by atoms with Gasteiger partial charge in [0.15, 0.2) is 0 Å². The van der Waals surface area contributed by atoms with Gasteiger partial charge in [-0.15, -0.1) is 0 Å². The Kier molecular flexibility index (Phi) is 6.73. The van der Waals surface area contributed by atoms with Crippen LogP contribution in [0.1, 0.15) is 29.8 Å². The fraction of sp³-hybridized carbons (Fsp3) is 0.333. The number of carbonyl (C=O) groups is 1. The van der Waals surface area contributed by atoms with Gasteiger partial charge in [-0.3, -0.25) is 4.79 Å². The van der Waals surface area contributed by atoms with E-state index in [1.54, 1.807) is 13.2 Å². The maximum Gasteiger partial charge on any atom is 0.254 e. The lowest BCUT2D eigenvalue weighted by molar-refractivity contribution is 0.0673. The summed E-state index contributed by atoms with van der Waals surface area (Å²) in [5.41, 5.74) is 2.75. The minimum Gasteiger partial charge on any atom is -0.383 e. The number of rotatable bonds is 7. The van der Waals surface area contributed by atoms with E-state index in [0.717, 1.165) is 11.1 Å². The molecule has 0 bridgehead atoms. The van der Waals surface area contributed by atoms with Crippen molar-refractivity contribution in [1.82, 2.24) is 4.90 Å². The molecular weight excluding hydrogens is 312 g/mol. The summed E-state index contributed by atoms with van der Waals surface area (Å²) < 4.78 is 5.15. The molecular formula is C21H24N2O2. The van der Waals surface area contributed by atoms with E-state index >= 15 is 0 Å². The van der Waals surface area contributed by atoms with E-state index in [4.69, 9.17) is 4.74 Å². The fourth-order valence-corrected chi connectivity index (χ4v) is 2.81. The molecule has 0 aliphatic carbocycles. The van der Waals surface area contributed by atoms with Crippen LogP contribution in [-0.2, 0) is 4.74 Å². The van der Waals surface area contributed by atoms with Gasteiger partial charge in [0.2, 0.25) is 0 Å². The van der Waals surface area contributed by atoms with Crippen LogP contribution in [0.2, 0.25) is 0 Å². The first-order valence-corrected chi connectivity index (χ1v) is 8.45. The highest BCUT2D eigenvalue weighted by atomic mass is 16.5. The third kappa shape index (κ3) is 4.68. The molecule has 0 spiro atoms. The van der Waals surface area contributed by atoms with Gasteiger partial charge in [0.1, 0.15) is 0 Å². The van der Waals surface area contributed by atoms with Crippen LogP contribution in [-0.4, -0.2) is 37.6 Å². The van der Waals surface area contributed by atoms with E-state index in [1.807, 2.05) is 47.4 Å². The minimum atomic E-state index is -0.0332. The topological polar surface area (TPSA) is 53.3 Å². The van der Waals surface area contributed by atoms with E-state index in [0.29, 0.717) is 36.7 Å². The number of hydrogen-bond acceptors (Lipinski definition) is 3. The molecule has 2 aromatic rings. The molecule has 0 aliphatic heterocycles. The number of ether oxygens (including phenoxy) is 1. The first kappa shape index (κ1) is 18.7. The Hall–Kier alpha value is -2.64. The van der Waals surface area contributed by atoms with Crippen LogP contribution in [0.5, 0.6) is 0 Å². The molecule has 0 fully saturated rings. The summed E-state index contributed by atoms with van der Waals surface area (Å²) in [6.45, 7) is 5.88. The second kappa shape index (κ2) is 9.00. The van der Waals surface area contributed by atoms with Gasteiger partial charge in [0.25, 0.3) is 5.91 Å². The summed E-state index contributed by atoms with van der Waals surface area (Å²) in [5.74, 6) is 0.327. The lowest BCUT2D eigenvalue weighted by Crippen LogP contribution is -2.37. The number of amides is 1. The van der Waals surface area contributed by atoms with Crippen molar-refractivity contribution in [2.75, 3.05) is 26.8 Å². The average molecular weight is 336 g/mol. The highest BCUT2D eigenvalue weighted by Gasteiger charge is 2.21. The Morgan fingerprint density at radius 2 is 1.76 bits per heavy atom. The molecule has 0 unspecified atom stereocenters. The normalized spacial score (nSPS) is 10.5. The monoisotopic (exact) mass is 336 g/mol. The molecule has 0 heterocycles. The maximum atomic E-state index is 13.2. The van der Waals surface area contributed by atoms with Gasteiger partial charge >= 0.3 is 0 Å². The zero-order chi connectivity index (χ0) is 18.2. The third-order valence-electron chi connectivity index (χ3n) is 3.93. The molecule has 0 aliphatic rings. The second-order valence-corrected chi connectivity index (χ2v) is 6.34. The van der Waals surface area contributed by atoms with Crippen molar-refractivity contribution >= 4 is 5.91 Å². The number of carbonyl (C=O) groups excluding carboxylic acids is 1. The summed E-state index contributed by atoms with van der Waals surface area (Å²) in [7, 11) is 1.63. The largest absolute Gasteiger partial charge is 0.383 e. The van der Waals surface area contributed by atoms with E-state index in [-0.39, 0.29) is 5.91 Å². The van der Waals surface area contributed by atoms with Gasteiger partial charge in [-0.1, -0.05) is 50.2 Å². The van der Waals surface area contributed by atoms with Gasteiger partial charge in [-0.25, -0.2) is 0 Å². The average Bonchev–Trinajstić information content (AvgIpc) is 2.64. The second-order valence-electron chi connectivity index (χ2n) is 6.34. The Morgan fingerprint density at radius 1 is 1.12 bits per heavy atom. The molecule has 4 nitrogen and oxygen atoms in total. The molecule has 2 rings (SSSR count). The predicted octanol–water partition coefficient (Wildman–Crippen LogP) is 3.97. The molecule has 1 amide bonds. The van der Waals surface area contributed by atoms with Crippen LogP contribution in [0.25, 0.3) is 11.1 Å². The van der Waals surface area contributed by atoms with E-state index in [9.17, 15) is 10.1 Å². The lowest BCUT2D eigenvalue weighted by Gasteiger charge is -2.25. The van der Waals surface area contributed by atoms with Crippen LogP contribution in [0.4, 0.5) is 0 Å². The SMILES string of the molecule is COCCN(CC(C)C)C(=O)c1ccccc1-c1ccccc1C#N. The first-order chi connectivity index (χ1) is 12.1. The molecule has 2 aromatic carbocycles. The zero-order valence-corrected chi connectivity index (χ0v) is 15.0. The molecule has 4 heteroatoms. The Balaban J connectivity index is 2.45. The molecule has 25 heavy (non-hydrogen) atoms. The van der Waals surface area contributed by atoms with E-state index in [2.05, 4.69) is 19.9 Å². The van der Waals surface area contributed by atoms with Crippen LogP contribution < -0.4 is 0 Å². The van der Waals surface area contributed by atoms with Gasteiger partial charge < -0.3 is 9.64 Å². The Labute approximate surface area is 149 Å². The molecule has 0 aromatic heterocycles. The van der Waals surface area contributed by atoms with E-state index < -0.39 is 0 Å². The summed E-state index contributed by atoms with van der Waals surface area (Å²) in [6.07, 6.45) is 0.